The summed E-state index contributed by atoms with van der Waals surface area (Å²) >= 11 is 0. The fraction of sp³-hybridized carbons (Fsp3) is 0.667. The fourth-order valence-corrected chi connectivity index (χ4v) is 0.998. The SMILES string of the molecule is CCNC(=O)CC(N=C=O)C(=O)NCC. The second-order valence-electron chi connectivity index (χ2n) is 2.79. The summed E-state index contributed by atoms with van der Waals surface area (Å²) in [6.45, 7) is 4.42. The molecule has 0 saturated heterocycles. The maximum atomic E-state index is 11.3. The van der Waals surface area contributed by atoms with Crippen LogP contribution in [0.3, 0.4) is 0 Å². The summed E-state index contributed by atoms with van der Waals surface area (Å²) in [7, 11) is 0. The van der Waals surface area contributed by atoms with E-state index < -0.39 is 11.9 Å². The van der Waals surface area contributed by atoms with Crippen LogP contribution in [0, 0.1) is 0 Å². The van der Waals surface area contributed by atoms with Crippen LogP contribution < -0.4 is 10.6 Å². The Morgan fingerprint density at radius 1 is 1.27 bits per heavy atom. The third-order valence-corrected chi connectivity index (χ3v) is 1.61. The Kier molecular flexibility index (Phi) is 6.84. The molecule has 2 amide bonds. The maximum Gasteiger partial charge on any atom is 0.246 e. The average molecular weight is 213 g/mol. The average Bonchev–Trinajstić information content (AvgIpc) is 2.18. The molecule has 6 heteroatoms. The van der Waals surface area contributed by atoms with E-state index in [1.807, 2.05) is 0 Å². The van der Waals surface area contributed by atoms with Gasteiger partial charge in [-0.2, -0.15) is 4.99 Å². The van der Waals surface area contributed by atoms with Gasteiger partial charge in [0.15, 0.2) is 0 Å². The molecule has 0 aromatic carbocycles. The molecule has 0 heterocycles. The van der Waals surface area contributed by atoms with E-state index in [2.05, 4.69) is 15.6 Å². The molecule has 84 valence electrons. The smallest absolute Gasteiger partial charge is 0.246 e. The van der Waals surface area contributed by atoms with E-state index in [0.29, 0.717) is 13.1 Å². The molecule has 0 aromatic heterocycles. The largest absolute Gasteiger partial charge is 0.356 e. The van der Waals surface area contributed by atoms with Crippen LogP contribution in [-0.2, 0) is 14.4 Å². The van der Waals surface area contributed by atoms with Crippen molar-refractivity contribution in [2.75, 3.05) is 13.1 Å². The van der Waals surface area contributed by atoms with Crippen molar-refractivity contribution in [1.82, 2.24) is 10.6 Å². The van der Waals surface area contributed by atoms with Crippen molar-refractivity contribution in [3.8, 4) is 0 Å². The van der Waals surface area contributed by atoms with Gasteiger partial charge in [-0.15, -0.1) is 0 Å². The van der Waals surface area contributed by atoms with Crippen LogP contribution >= 0.6 is 0 Å². The normalized spacial score (nSPS) is 11.1. The lowest BCUT2D eigenvalue weighted by molar-refractivity contribution is -0.127. The van der Waals surface area contributed by atoms with Gasteiger partial charge in [0.25, 0.3) is 0 Å². The number of hydrogen-bond acceptors (Lipinski definition) is 4. The van der Waals surface area contributed by atoms with Gasteiger partial charge < -0.3 is 10.6 Å². The van der Waals surface area contributed by atoms with Crippen LogP contribution in [-0.4, -0.2) is 37.0 Å². The molecule has 0 fully saturated rings. The molecule has 0 bridgehead atoms. The lowest BCUT2D eigenvalue weighted by atomic mass is 10.2. The third kappa shape index (κ3) is 5.59. The Morgan fingerprint density at radius 3 is 2.33 bits per heavy atom. The predicted octanol–water partition coefficient (Wildman–Crippen LogP) is -0.647. The van der Waals surface area contributed by atoms with Crippen LogP contribution in [0.15, 0.2) is 4.99 Å². The molecule has 6 nitrogen and oxygen atoms in total. The number of isocyanates is 1. The molecule has 1 unspecified atom stereocenters. The summed E-state index contributed by atoms with van der Waals surface area (Å²) in [5.41, 5.74) is 0. The van der Waals surface area contributed by atoms with Crippen molar-refractivity contribution in [3.63, 3.8) is 0 Å². The van der Waals surface area contributed by atoms with E-state index in [-0.39, 0.29) is 12.3 Å². The first kappa shape index (κ1) is 13.3. The highest BCUT2D eigenvalue weighted by atomic mass is 16.2. The van der Waals surface area contributed by atoms with Crippen molar-refractivity contribution >= 4 is 17.9 Å². The van der Waals surface area contributed by atoms with Gasteiger partial charge in [-0.3, -0.25) is 9.59 Å². The van der Waals surface area contributed by atoms with Crippen molar-refractivity contribution < 1.29 is 14.4 Å². The van der Waals surface area contributed by atoms with Gasteiger partial charge in [0.2, 0.25) is 17.9 Å². The molecule has 15 heavy (non-hydrogen) atoms. The first-order valence-electron chi connectivity index (χ1n) is 4.77. The van der Waals surface area contributed by atoms with Gasteiger partial charge >= 0.3 is 0 Å². The first-order chi connectivity index (χ1) is 7.15. The number of likely N-dealkylation sites (N-methyl/N-ethyl adjacent to an activating group) is 1. The van der Waals surface area contributed by atoms with Crippen LogP contribution in [0.2, 0.25) is 0 Å². The molecular formula is C9H15N3O3. The number of hydrogen-bond donors (Lipinski definition) is 2. The molecule has 0 aromatic rings. The van der Waals surface area contributed by atoms with Crippen LogP contribution in [0.4, 0.5) is 0 Å². The molecule has 1 atom stereocenters. The Bertz CT molecular complexity index is 272. The summed E-state index contributed by atoms with van der Waals surface area (Å²) in [6, 6.07) is -0.978. The standard InChI is InChI=1S/C9H15N3O3/c1-3-10-8(14)5-7(12-6-13)9(15)11-4-2/h7H,3-5H2,1-2H3,(H,10,14)(H,11,15). The molecule has 0 aliphatic carbocycles. The predicted molar refractivity (Wildman–Crippen MR) is 53.9 cm³/mol. The Morgan fingerprint density at radius 2 is 1.87 bits per heavy atom. The lowest BCUT2D eigenvalue weighted by Gasteiger charge is -2.09. The molecule has 0 saturated carbocycles. The maximum absolute atomic E-state index is 11.3. The summed E-state index contributed by atoms with van der Waals surface area (Å²) in [6.07, 6.45) is 1.16. The Hall–Kier alpha value is -1.68. The highest BCUT2D eigenvalue weighted by molar-refractivity contribution is 5.88. The van der Waals surface area contributed by atoms with Crippen molar-refractivity contribution in [3.05, 3.63) is 0 Å². The Balaban J connectivity index is 4.33. The molecule has 0 radical (unpaired) electrons. The van der Waals surface area contributed by atoms with E-state index in [1.165, 1.54) is 6.08 Å². The van der Waals surface area contributed by atoms with E-state index in [0.717, 1.165) is 0 Å². The molecule has 0 rings (SSSR count). The second kappa shape index (κ2) is 7.70. The van der Waals surface area contributed by atoms with Crippen molar-refractivity contribution in [1.29, 1.82) is 0 Å². The number of aliphatic imine (C=N–C) groups is 1. The summed E-state index contributed by atoms with van der Waals surface area (Å²) in [4.78, 5) is 35.8. The highest BCUT2D eigenvalue weighted by Crippen LogP contribution is 1.97. The lowest BCUT2D eigenvalue weighted by Crippen LogP contribution is -2.37. The zero-order valence-corrected chi connectivity index (χ0v) is 8.87. The molecule has 0 aliphatic rings. The second-order valence-corrected chi connectivity index (χ2v) is 2.79. The van der Waals surface area contributed by atoms with E-state index in [1.54, 1.807) is 13.8 Å². The van der Waals surface area contributed by atoms with Gasteiger partial charge in [0.1, 0.15) is 6.04 Å². The van der Waals surface area contributed by atoms with Crippen molar-refractivity contribution in [2.24, 2.45) is 4.99 Å². The number of carbonyl (C=O) groups excluding carboxylic acids is 3. The summed E-state index contributed by atoms with van der Waals surface area (Å²) in [5, 5.41) is 5.01. The van der Waals surface area contributed by atoms with Gasteiger partial charge in [-0.25, -0.2) is 4.79 Å². The molecule has 0 spiro atoms. The van der Waals surface area contributed by atoms with Crippen LogP contribution in [0.25, 0.3) is 0 Å². The van der Waals surface area contributed by atoms with Gasteiger partial charge in [0, 0.05) is 13.1 Å². The minimum absolute atomic E-state index is 0.130. The summed E-state index contributed by atoms with van der Waals surface area (Å²) in [5.74, 6) is -0.750. The van der Waals surface area contributed by atoms with Gasteiger partial charge in [-0.05, 0) is 13.8 Å². The Labute approximate surface area is 88.1 Å². The first-order valence-corrected chi connectivity index (χ1v) is 4.77. The zero-order valence-electron chi connectivity index (χ0n) is 8.87. The summed E-state index contributed by atoms with van der Waals surface area (Å²) < 4.78 is 0. The topological polar surface area (TPSA) is 87.6 Å². The monoisotopic (exact) mass is 213 g/mol. The van der Waals surface area contributed by atoms with Crippen molar-refractivity contribution in [2.45, 2.75) is 26.3 Å². The number of amides is 2. The molecule has 2 N–H and O–H groups in total. The molecular weight excluding hydrogens is 198 g/mol. The number of carbonyl (C=O) groups is 2. The zero-order chi connectivity index (χ0) is 11.7. The third-order valence-electron chi connectivity index (χ3n) is 1.61. The van der Waals surface area contributed by atoms with E-state index in [9.17, 15) is 14.4 Å². The number of rotatable bonds is 6. The van der Waals surface area contributed by atoms with Gasteiger partial charge in [0.05, 0.1) is 6.42 Å². The minimum Gasteiger partial charge on any atom is -0.356 e. The van der Waals surface area contributed by atoms with Gasteiger partial charge in [-0.1, -0.05) is 0 Å². The molecule has 0 aliphatic heterocycles. The van der Waals surface area contributed by atoms with Crippen LogP contribution in [0.5, 0.6) is 0 Å². The minimum atomic E-state index is -0.978. The van der Waals surface area contributed by atoms with E-state index in [4.69, 9.17) is 0 Å². The quantitative estimate of drug-likeness (QED) is 0.454. The van der Waals surface area contributed by atoms with E-state index >= 15 is 0 Å². The number of nitrogens with one attached hydrogen (secondary N) is 2. The van der Waals surface area contributed by atoms with Crippen LogP contribution in [0.1, 0.15) is 20.3 Å². The fourth-order valence-electron chi connectivity index (χ4n) is 0.998. The highest BCUT2D eigenvalue weighted by Gasteiger charge is 2.20. The number of nitrogens with zero attached hydrogens (tertiary/aromatic N) is 1.